The Kier molecular flexibility index (Phi) is 1.43. The van der Waals surface area contributed by atoms with Crippen LogP contribution in [0.3, 0.4) is 0 Å². The van der Waals surface area contributed by atoms with Crippen LogP contribution in [0, 0.1) is 5.89 Å². The average molecular weight is 333 g/mol. The Labute approximate surface area is 165 Å². The maximum atomic E-state index is 11.1. The molecule has 1 N–H and O–H groups in total. The van der Waals surface area contributed by atoms with Gasteiger partial charge < -0.3 is 9.84 Å². The number of ether oxygens (including phenoxy) is 1. The van der Waals surface area contributed by atoms with Gasteiger partial charge in [0.2, 0.25) is 0 Å². The Bertz CT molecular complexity index is 1270. The largest absolute Gasteiger partial charge is 0.507 e. The maximum Gasteiger partial charge on any atom is 0.127 e. The van der Waals surface area contributed by atoms with Gasteiger partial charge in [-0.2, -0.15) is 0 Å². The van der Waals surface area contributed by atoms with E-state index in [0.717, 1.165) is 6.07 Å². The molecule has 2 nitrogen and oxygen atoms in total. The zero-order chi connectivity index (χ0) is 32.4. The lowest BCUT2D eigenvalue weighted by Gasteiger charge is -2.46. The molecule has 1 aromatic carbocycles. The van der Waals surface area contributed by atoms with Gasteiger partial charge in [0.05, 0.1) is 1.37 Å². The molecule has 0 aromatic heterocycles. The molecule has 0 amide bonds. The lowest BCUT2D eigenvalue weighted by Crippen LogP contribution is -2.45. The minimum Gasteiger partial charge on any atom is -0.507 e. The number of hydrogen-bond donors (Lipinski definition) is 1. The van der Waals surface area contributed by atoms with Crippen molar-refractivity contribution in [2.24, 2.45) is 5.89 Å². The summed E-state index contributed by atoms with van der Waals surface area (Å²) in [5.74, 6) is -5.54. The summed E-state index contributed by atoms with van der Waals surface area (Å²) in [7, 11) is 0. The van der Waals surface area contributed by atoms with E-state index in [1.165, 1.54) is 13.8 Å². The number of rotatable bonds is 4. The minimum absolute atomic E-state index is 0.435. The number of hydrogen-bond acceptors (Lipinski definition) is 2. The van der Waals surface area contributed by atoms with Gasteiger partial charge in [0.1, 0.15) is 17.1 Å². The summed E-state index contributed by atoms with van der Waals surface area (Å²) in [6, 6.07) is 0.741. The SMILES string of the molecule is [2H]C1=C(C([2H])([2H])[2H])CC([2H])([2H])[C@]2([2H])[C@@H]1c1c(O)cc(C([2H])([2H])C([2H])([2H])C([2H])([2H])C([2H])([2H])C([2H])([2H])[2H])cc1OC2(C)C. The van der Waals surface area contributed by atoms with Crippen molar-refractivity contribution in [3.05, 3.63) is 34.9 Å². The van der Waals surface area contributed by atoms with Gasteiger partial charge in [0.15, 0.2) is 0 Å². The van der Waals surface area contributed by atoms with Crippen LogP contribution in [0.1, 0.15) is 101 Å². The molecule has 0 radical (unpaired) electrons. The van der Waals surface area contributed by atoms with Crippen LogP contribution in [0.4, 0.5) is 0 Å². The van der Waals surface area contributed by atoms with Gasteiger partial charge >= 0.3 is 0 Å². The van der Waals surface area contributed by atoms with Crippen LogP contribution in [0.5, 0.6) is 11.5 Å². The molecule has 1 heterocycles. The number of phenolic OH excluding ortho intramolecular Hbond substituents is 1. The Hall–Kier alpha value is -1.44. The van der Waals surface area contributed by atoms with Gasteiger partial charge in [-0.1, -0.05) is 31.2 Å². The smallest absolute Gasteiger partial charge is 0.127 e. The Morgan fingerprint density at radius 3 is 3.17 bits per heavy atom. The molecule has 0 unspecified atom stereocenters. The van der Waals surface area contributed by atoms with E-state index in [2.05, 4.69) is 0 Å². The molecular weight excluding hydrogens is 284 g/mol. The molecule has 0 spiro atoms. The molecule has 1 aromatic rings. The normalized spacial score (nSPS) is 46.1. The van der Waals surface area contributed by atoms with E-state index in [4.69, 9.17) is 28.0 Å². The number of allylic oxidation sites excluding steroid dienone is 2. The lowest BCUT2D eigenvalue weighted by atomic mass is 9.68. The molecule has 1 aliphatic carbocycles. The molecule has 1 aliphatic heterocycles. The van der Waals surface area contributed by atoms with Crippen molar-refractivity contribution in [1.29, 1.82) is 0 Å². The highest BCUT2D eigenvalue weighted by molar-refractivity contribution is 5.53. The van der Waals surface area contributed by atoms with Crippen LogP contribution in [0.2, 0.25) is 0 Å². The van der Waals surface area contributed by atoms with Crippen LogP contribution < -0.4 is 4.74 Å². The van der Waals surface area contributed by atoms with Gasteiger partial charge in [-0.05, 0) is 63.9 Å². The first kappa shape index (κ1) is 5.28. The van der Waals surface area contributed by atoms with Gasteiger partial charge in [0, 0.05) is 40.7 Å². The van der Waals surface area contributed by atoms with E-state index in [0.29, 0.717) is 6.07 Å². The van der Waals surface area contributed by atoms with Gasteiger partial charge in [0.25, 0.3) is 0 Å². The molecule has 2 heteroatoms. The standard InChI is InChI=1S/C21H30O2/c1-5-6-7-8-15-12-18(22)20-16-11-14(2)9-10-17(16)21(3,4)23-19(20)13-15/h11-13,16-17,22H,5-10H2,1-4H3/t16-,17-/m1/s1/i1D3,2D3,5D2,6D2,7D2,8D2,10D2,11D,17D. The number of fused-ring (bicyclic) bond motifs is 3. The van der Waals surface area contributed by atoms with Crippen molar-refractivity contribution in [2.45, 2.75) is 77.4 Å². The summed E-state index contributed by atoms with van der Waals surface area (Å²) in [4.78, 5) is 0. The summed E-state index contributed by atoms with van der Waals surface area (Å²) in [6.07, 6.45) is -18.7. The third kappa shape index (κ3) is 3.13. The summed E-state index contributed by atoms with van der Waals surface area (Å²) < 4.78 is 152. The molecule has 0 saturated heterocycles. The highest BCUT2D eigenvalue weighted by Crippen LogP contribution is 2.53. The first-order valence-corrected chi connectivity index (χ1v) is 7.11. The van der Waals surface area contributed by atoms with Crippen LogP contribution in [0.25, 0.3) is 0 Å². The fourth-order valence-corrected chi connectivity index (χ4v) is 2.88. The Balaban J connectivity index is 2.33. The van der Waals surface area contributed by atoms with Crippen LogP contribution in [-0.4, -0.2) is 10.7 Å². The summed E-state index contributed by atoms with van der Waals surface area (Å²) >= 11 is 0. The highest BCUT2D eigenvalue weighted by atomic mass is 16.5. The molecule has 0 fully saturated rings. The summed E-state index contributed by atoms with van der Waals surface area (Å²) in [5, 5.41) is 11.1. The van der Waals surface area contributed by atoms with E-state index < -0.39 is 104 Å². The second kappa shape index (κ2) is 6.22. The molecule has 3 rings (SSSR count). The molecule has 0 saturated carbocycles. The predicted octanol–water partition coefficient (Wildman–Crippen LogP) is 5.74. The zero-order valence-electron chi connectivity index (χ0n) is 30.8. The highest BCUT2D eigenvalue weighted by Gasteiger charge is 2.45. The minimum atomic E-state index is -3.97. The topological polar surface area (TPSA) is 29.5 Å². The van der Waals surface area contributed by atoms with Crippen molar-refractivity contribution in [3.8, 4) is 11.5 Å². The quantitative estimate of drug-likeness (QED) is 0.713. The number of benzene rings is 1. The van der Waals surface area contributed by atoms with E-state index in [-0.39, 0.29) is 0 Å². The zero-order valence-corrected chi connectivity index (χ0v) is 12.8. The van der Waals surface area contributed by atoms with E-state index >= 15 is 0 Å². The molecule has 2 atom stereocenters. The third-order valence-corrected chi connectivity index (χ3v) is 3.82. The monoisotopic (exact) mass is 332 g/mol. The second-order valence-corrected chi connectivity index (χ2v) is 5.84. The van der Waals surface area contributed by atoms with Gasteiger partial charge in [-0.15, -0.1) is 0 Å². The van der Waals surface area contributed by atoms with Crippen molar-refractivity contribution >= 4 is 0 Å². The fourth-order valence-electron chi connectivity index (χ4n) is 2.88. The molecule has 2 aliphatic rings. The maximum absolute atomic E-state index is 11.1. The second-order valence-electron chi connectivity index (χ2n) is 5.84. The molecule has 23 heavy (non-hydrogen) atoms. The van der Waals surface area contributed by atoms with Crippen LogP contribution in [-0.2, 0) is 6.37 Å². The first-order valence-electron chi connectivity index (χ1n) is 16.1. The van der Waals surface area contributed by atoms with Crippen molar-refractivity contribution in [3.63, 3.8) is 0 Å². The molecule has 0 bridgehead atoms. The summed E-state index contributed by atoms with van der Waals surface area (Å²) in [6.45, 7) is -4.06. The number of aryl methyl sites for hydroxylation is 1. The fraction of sp³-hybridized carbons (Fsp3) is 0.619. The van der Waals surface area contributed by atoms with E-state index in [1.807, 2.05) is 0 Å². The summed E-state index contributed by atoms with van der Waals surface area (Å²) in [5.41, 5.74) is -3.70. The first-order chi connectivity index (χ1) is 17.8. The Morgan fingerprint density at radius 1 is 1.52 bits per heavy atom. The van der Waals surface area contributed by atoms with Crippen molar-refractivity contribution < 1.29 is 34.5 Å². The third-order valence-electron chi connectivity index (χ3n) is 3.82. The number of phenols is 1. The lowest BCUT2D eigenvalue weighted by molar-refractivity contribution is 0.0107. The Morgan fingerprint density at radius 2 is 2.39 bits per heavy atom. The van der Waals surface area contributed by atoms with Crippen LogP contribution in [0.15, 0.2) is 23.8 Å². The van der Waals surface area contributed by atoms with Crippen molar-refractivity contribution in [1.82, 2.24) is 0 Å². The number of aromatic hydroxyl groups is 1. The molecule has 126 valence electrons. The molecular formula is C21H30O2. The van der Waals surface area contributed by atoms with E-state index in [1.54, 1.807) is 0 Å². The van der Waals surface area contributed by atoms with E-state index in [9.17, 15) is 6.48 Å². The van der Waals surface area contributed by atoms with Crippen molar-refractivity contribution in [2.75, 3.05) is 0 Å². The predicted molar refractivity (Wildman–Crippen MR) is 95.3 cm³/mol. The van der Waals surface area contributed by atoms with Gasteiger partial charge in [-0.3, -0.25) is 0 Å². The average Bonchev–Trinajstić information content (AvgIpc) is 2.75. The van der Waals surface area contributed by atoms with Gasteiger partial charge in [-0.25, -0.2) is 0 Å². The van der Waals surface area contributed by atoms with Crippen LogP contribution >= 0.6 is 0 Å².